The summed E-state index contributed by atoms with van der Waals surface area (Å²) in [6, 6.07) is 6.24. The first kappa shape index (κ1) is 14.4. The van der Waals surface area contributed by atoms with Crippen molar-refractivity contribution in [2.45, 2.75) is 51.7 Å². The van der Waals surface area contributed by atoms with E-state index in [-0.39, 0.29) is 12.0 Å². The Balaban J connectivity index is 2.08. The number of fused-ring (bicyclic) bond motifs is 1. The van der Waals surface area contributed by atoms with Gasteiger partial charge in [-0.25, -0.2) is 0 Å². The topological polar surface area (TPSA) is 55.5 Å². The van der Waals surface area contributed by atoms with Gasteiger partial charge < -0.3 is 15.6 Å². The molecule has 0 amide bonds. The van der Waals surface area contributed by atoms with E-state index < -0.39 is 5.60 Å². The largest absolute Gasteiger partial charge is 0.491 e. The van der Waals surface area contributed by atoms with Crippen LogP contribution in [0.3, 0.4) is 0 Å². The van der Waals surface area contributed by atoms with Crippen molar-refractivity contribution in [1.29, 1.82) is 0 Å². The highest BCUT2D eigenvalue weighted by Gasteiger charge is 2.26. The Morgan fingerprint density at radius 3 is 2.89 bits per heavy atom. The summed E-state index contributed by atoms with van der Waals surface area (Å²) in [6.07, 6.45) is 3.31. The van der Waals surface area contributed by atoms with Gasteiger partial charge in [0.2, 0.25) is 0 Å². The lowest BCUT2D eigenvalue weighted by Crippen LogP contribution is -2.37. The lowest BCUT2D eigenvalue weighted by atomic mass is 9.88. The normalized spacial score (nSPS) is 21.9. The van der Waals surface area contributed by atoms with Gasteiger partial charge in [-0.05, 0) is 55.4 Å². The SMILES string of the molecule is CC(C)C(C)(O)COc1ccc2c(c1)C(N)CCC2. The van der Waals surface area contributed by atoms with Crippen molar-refractivity contribution in [1.82, 2.24) is 0 Å². The van der Waals surface area contributed by atoms with E-state index >= 15 is 0 Å². The number of aliphatic hydroxyl groups is 1. The molecule has 3 N–H and O–H groups in total. The standard InChI is InChI=1S/C16H25NO2/c1-11(2)16(3,18)10-19-13-8-7-12-5-4-6-15(17)14(12)9-13/h7-9,11,15,18H,4-6,10,17H2,1-3H3. The molecule has 2 unspecified atom stereocenters. The van der Waals surface area contributed by atoms with Gasteiger partial charge in [0.1, 0.15) is 12.4 Å². The van der Waals surface area contributed by atoms with Crippen LogP contribution in [0, 0.1) is 5.92 Å². The maximum Gasteiger partial charge on any atom is 0.119 e. The Labute approximate surface area is 115 Å². The van der Waals surface area contributed by atoms with Gasteiger partial charge in [0.15, 0.2) is 0 Å². The molecule has 1 aromatic rings. The zero-order valence-corrected chi connectivity index (χ0v) is 12.1. The smallest absolute Gasteiger partial charge is 0.119 e. The van der Waals surface area contributed by atoms with E-state index in [2.05, 4.69) is 6.07 Å². The van der Waals surface area contributed by atoms with Crippen LogP contribution in [0.15, 0.2) is 18.2 Å². The molecule has 1 aliphatic carbocycles. The number of nitrogens with two attached hydrogens (primary N) is 1. The van der Waals surface area contributed by atoms with Crippen molar-refractivity contribution >= 4 is 0 Å². The predicted octanol–water partition coefficient (Wildman–Crippen LogP) is 2.81. The molecule has 1 aromatic carbocycles. The summed E-state index contributed by atoms with van der Waals surface area (Å²) in [7, 11) is 0. The van der Waals surface area contributed by atoms with Crippen molar-refractivity contribution in [3.05, 3.63) is 29.3 Å². The van der Waals surface area contributed by atoms with Gasteiger partial charge in [-0.1, -0.05) is 19.9 Å². The number of hydrogen-bond acceptors (Lipinski definition) is 3. The number of benzene rings is 1. The second kappa shape index (κ2) is 5.51. The van der Waals surface area contributed by atoms with E-state index in [9.17, 15) is 5.11 Å². The monoisotopic (exact) mass is 263 g/mol. The van der Waals surface area contributed by atoms with E-state index in [1.54, 1.807) is 0 Å². The maximum absolute atomic E-state index is 10.2. The third kappa shape index (κ3) is 3.28. The average Bonchev–Trinajstić information content (AvgIpc) is 2.37. The van der Waals surface area contributed by atoms with Gasteiger partial charge in [0.05, 0.1) is 5.60 Å². The third-order valence-electron chi connectivity index (χ3n) is 4.25. The highest BCUT2D eigenvalue weighted by molar-refractivity contribution is 5.39. The summed E-state index contributed by atoms with van der Waals surface area (Å²) in [6.45, 7) is 6.10. The van der Waals surface area contributed by atoms with Gasteiger partial charge >= 0.3 is 0 Å². The third-order valence-corrected chi connectivity index (χ3v) is 4.25. The Morgan fingerprint density at radius 2 is 2.21 bits per heavy atom. The summed E-state index contributed by atoms with van der Waals surface area (Å²) in [4.78, 5) is 0. The fourth-order valence-corrected chi connectivity index (χ4v) is 2.30. The first-order valence-electron chi connectivity index (χ1n) is 7.14. The molecule has 2 atom stereocenters. The van der Waals surface area contributed by atoms with E-state index in [1.165, 1.54) is 11.1 Å². The van der Waals surface area contributed by atoms with Crippen LogP contribution in [0.5, 0.6) is 5.75 Å². The van der Waals surface area contributed by atoms with Crippen LogP contribution >= 0.6 is 0 Å². The first-order chi connectivity index (χ1) is 8.90. The minimum absolute atomic E-state index is 0.123. The van der Waals surface area contributed by atoms with Crippen LogP contribution in [-0.4, -0.2) is 17.3 Å². The zero-order chi connectivity index (χ0) is 14.0. The highest BCUT2D eigenvalue weighted by atomic mass is 16.5. The molecule has 19 heavy (non-hydrogen) atoms. The predicted molar refractivity (Wildman–Crippen MR) is 77.3 cm³/mol. The van der Waals surface area contributed by atoms with Gasteiger partial charge in [0.25, 0.3) is 0 Å². The van der Waals surface area contributed by atoms with E-state index in [4.69, 9.17) is 10.5 Å². The molecule has 2 rings (SSSR count). The molecule has 0 saturated heterocycles. The lowest BCUT2D eigenvalue weighted by Gasteiger charge is -2.28. The molecule has 0 spiro atoms. The van der Waals surface area contributed by atoms with E-state index in [0.29, 0.717) is 6.61 Å². The fourth-order valence-electron chi connectivity index (χ4n) is 2.30. The van der Waals surface area contributed by atoms with Crippen molar-refractivity contribution < 1.29 is 9.84 Å². The fraction of sp³-hybridized carbons (Fsp3) is 0.625. The molecule has 0 radical (unpaired) electrons. The summed E-state index contributed by atoms with van der Waals surface area (Å²) >= 11 is 0. The second-order valence-electron chi connectivity index (χ2n) is 6.16. The summed E-state index contributed by atoms with van der Waals surface area (Å²) < 4.78 is 5.74. The Bertz CT molecular complexity index is 440. The van der Waals surface area contributed by atoms with Gasteiger partial charge in [-0.3, -0.25) is 0 Å². The van der Waals surface area contributed by atoms with Crippen LogP contribution < -0.4 is 10.5 Å². The summed E-state index contributed by atoms with van der Waals surface area (Å²) in [5.41, 5.74) is 7.87. The summed E-state index contributed by atoms with van der Waals surface area (Å²) in [5.74, 6) is 0.962. The number of hydrogen-bond donors (Lipinski definition) is 2. The van der Waals surface area contributed by atoms with Crippen molar-refractivity contribution in [3.63, 3.8) is 0 Å². The summed E-state index contributed by atoms with van der Waals surface area (Å²) in [5, 5.41) is 10.2. The molecule has 106 valence electrons. The van der Waals surface area contributed by atoms with Crippen LogP contribution in [0.1, 0.15) is 50.8 Å². The van der Waals surface area contributed by atoms with Crippen molar-refractivity contribution in [2.75, 3.05) is 6.61 Å². The minimum atomic E-state index is -0.808. The molecule has 3 heteroatoms. The molecule has 3 nitrogen and oxygen atoms in total. The average molecular weight is 263 g/mol. The van der Waals surface area contributed by atoms with Crippen molar-refractivity contribution in [3.8, 4) is 5.75 Å². The highest BCUT2D eigenvalue weighted by Crippen LogP contribution is 2.31. The molecule has 0 saturated carbocycles. The first-order valence-corrected chi connectivity index (χ1v) is 7.14. The van der Waals surface area contributed by atoms with Crippen LogP contribution in [0.25, 0.3) is 0 Å². The Hall–Kier alpha value is -1.06. The van der Waals surface area contributed by atoms with Gasteiger partial charge in [0, 0.05) is 6.04 Å². The van der Waals surface area contributed by atoms with Crippen LogP contribution in [0.4, 0.5) is 0 Å². The van der Waals surface area contributed by atoms with E-state index in [0.717, 1.165) is 25.0 Å². The van der Waals surface area contributed by atoms with Gasteiger partial charge in [-0.15, -0.1) is 0 Å². The zero-order valence-electron chi connectivity index (χ0n) is 12.1. The quantitative estimate of drug-likeness (QED) is 0.878. The van der Waals surface area contributed by atoms with E-state index in [1.807, 2.05) is 32.9 Å². The number of ether oxygens (including phenoxy) is 1. The molecule has 0 fully saturated rings. The minimum Gasteiger partial charge on any atom is -0.491 e. The molecule has 1 aliphatic rings. The maximum atomic E-state index is 10.2. The Kier molecular flexibility index (Phi) is 4.16. The Morgan fingerprint density at radius 1 is 1.47 bits per heavy atom. The molecule has 0 aliphatic heterocycles. The van der Waals surface area contributed by atoms with Crippen LogP contribution in [0.2, 0.25) is 0 Å². The molecule has 0 heterocycles. The van der Waals surface area contributed by atoms with Crippen molar-refractivity contribution in [2.24, 2.45) is 11.7 Å². The molecule has 0 aromatic heterocycles. The number of aryl methyl sites for hydroxylation is 1. The van der Waals surface area contributed by atoms with Crippen LogP contribution in [-0.2, 0) is 6.42 Å². The van der Waals surface area contributed by atoms with Gasteiger partial charge in [-0.2, -0.15) is 0 Å². The second-order valence-corrected chi connectivity index (χ2v) is 6.16. The molecular formula is C16H25NO2. The lowest BCUT2D eigenvalue weighted by molar-refractivity contribution is -0.0266. The molecule has 0 bridgehead atoms. The molecular weight excluding hydrogens is 238 g/mol. The number of rotatable bonds is 4.